The van der Waals surface area contributed by atoms with Gasteiger partial charge in [-0.15, -0.1) is 0 Å². The molecule has 0 aliphatic heterocycles. The molecule has 3 aromatic rings. The van der Waals surface area contributed by atoms with Gasteiger partial charge in [-0.3, -0.25) is 15.5 Å². The fourth-order valence-corrected chi connectivity index (χ4v) is 3.10. The van der Waals surface area contributed by atoms with Gasteiger partial charge < -0.3 is 4.57 Å². The normalized spacial score (nSPS) is 11.0. The third-order valence-corrected chi connectivity index (χ3v) is 4.75. The standard InChI is InChI=1S/C19H17IN4O2/c1-13-11-15(14(2)23(13)18-7-3-16(20)4-8-18)12-21-22-17-5-9-19(10-6-17)24(25)26/h3-12,22H,1-2H3/b21-12-. The molecule has 0 saturated heterocycles. The molecule has 7 heteroatoms. The third-order valence-electron chi connectivity index (χ3n) is 4.03. The van der Waals surface area contributed by atoms with E-state index in [-0.39, 0.29) is 5.69 Å². The molecular weight excluding hydrogens is 443 g/mol. The maximum Gasteiger partial charge on any atom is 0.269 e. The van der Waals surface area contributed by atoms with Crippen LogP contribution in [0.1, 0.15) is 17.0 Å². The summed E-state index contributed by atoms with van der Waals surface area (Å²) >= 11 is 2.29. The van der Waals surface area contributed by atoms with Crippen LogP contribution in [0.3, 0.4) is 0 Å². The first-order chi connectivity index (χ1) is 12.5. The van der Waals surface area contributed by atoms with Gasteiger partial charge in [0, 0.05) is 38.3 Å². The van der Waals surface area contributed by atoms with Crippen LogP contribution >= 0.6 is 22.6 Å². The predicted molar refractivity (Wildman–Crippen MR) is 112 cm³/mol. The largest absolute Gasteiger partial charge is 0.318 e. The maximum absolute atomic E-state index is 10.7. The van der Waals surface area contributed by atoms with E-state index in [1.807, 2.05) is 0 Å². The van der Waals surface area contributed by atoms with Gasteiger partial charge in [-0.2, -0.15) is 5.10 Å². The number of halogens is 1. The lowest BCUT2D eigenvalue weighted by molar-refractivity contribution is -0.384. The number of benzene rings is 2. The first-order valence-corrected chi connectivity index (χ1v) is 9.02. The second-order valence-electron chi connectivity index (χ2n) is 5.81. The van der Waals surface area contributed by atoms with Crippen LogP contribution in [0.25, 0.3) is 5.69 Å². The second kappa shape index (κ2) is 7.69. The average molecular weight is 460 g/mol. The van der Waals surface area contributed by atoms with Gasteiger partial charge in [0.25, 0.3) is 5.69 Å². The van der Waals surface area contributed by atoms with Crippen molar-refractivity contribution in [2.45, 2.75) is 13.8 Å². The van der Waals surface area contributed by atoms with E-state index < -0.39 is 4.92 Å². The van der Waals surface area contributed by atoms with E-state index in [4.69, 9.17) is 0 Å². The summed E-state index contributed by atoms with van der Waals surface area (Å²) < 4.78 is 3.38. The summed E-state index contributed by atoms with van der Waals surface area (Å²) in [5.74, 6) is 0. The maximum atomic E-state index is 10.7. The van der Waals surface area contributed by atoms with Crippen LogP contribution in [0.2, 0.25) is 0 Å². The van der Waals surface area contributed by atoms with Crippen molar-refractivity contribution in [3.8, 4) is 5.69 Å². The SMILES string of the molecule is Cc1cc(/C=N\Nc2ccc([N+](=O)[O-])cc2)c(C)n1-c1ccc(I)cc1. The zero-order valence-corrected chi connectivity index (χ0v) is 16.5. The fraction of sp³-hybridized carbons (Fsp3) is 0.105. The van der Waals surface area contributed by atoms with Gasteiger partial charge in [0.1, 0.15) is 0 Å². The number of nitrogens with one attached hydrogen (secondary N) is 1. The Morgan fingerprint density at radius 3 is 2.38 bits per heavy atom. The minimum Gasteiger partial charge on any atom is -0.318 e. The molecule has 0 amide bonds. The number of non-ortho nitro benzene ring substituents is 1. The zero-order valence-electron chi connectivity index (χ0n) is 14.3. The molecule has 1 aromatic heterocycles. The summed E-state index contributed by atoms with van der Waals surface area (Å²) in [4.78, 5) is 10.2. The van der Waals surface area contributed by atoms with Crippen molar-refractivity contribution >= 4 is 40.2 Å². The van der Waals surface area contributed by atoms with Crippen molar-refractivity contribution in [3.63, 3.8) is 0 Å². The number of rotatable bonds is 5. The number of nitrogens with zero attached hydrogens (tertiary/aromatic N) is 3. The number of aryl methyl sites for hydroxylation is 1. The topological polar surface area (TPSA) is 72.5 Å². The Kier molecular flexibility index (Phi) is 5.36. The van der Waals surface area contributed by atoms with Crippen LogP contribution < -0.4 is 5.43 Å². The van der Waals surface area contributed by atoms with Gasteiger partial charge in [-0.05, 0) is 78.9 Å². The molecule has 0 aliphatic carbocycles. The highest BCUT2D eigenvalue weighted by Crippen LogP contribution is 2.21. The Balaban J connectivity index is 1.78. The Bertz CT molecular complexity index is 960. The number of hydrogen-bond acceptors (Lipinski definition) is 4. The zero-order chi connectivity index (χ0) is 18.7. The molecule has 2 aromatic carbocycles. The van der Waals surface area contributed by atoms with Gasteiger partial charge in [-0.1, -0.05) is 0 Å². The highest BCUT2D eigenvalue weighted by atomic mass is 127. The highest BCUT2D eigenvalue weighted by molar-refractivity contribution is 14.1. The van der Waals surface area contributed by atoms with Crippen LogP contribution in [-0.4, -0.2) is 15.7 Å². The minimum absolute atomic E-state index is 0.0561. The van der Waals surface area contributed by atoms with Gasteiger partial charge in [0.05, 0.1) is 16.8 Å². The van der Waals surface area contributed by atoms with Gasteiger partial charge >= 0.3 is 0 Å². The first kappa shape index (κ1) is 18.1. The molecule has 0 fully saturated rings. The molecule has 6 nitrogen and oxygen atoms in total. The molecule has 1 heterocycles. The van der Waals surface area contributed by atoms with Crippen LogP contribution in [0.5, 0.6) is 0 Å². The molecule has 0 saturated carbocycles. The lowest BCUT2D eigenvalue weighted by atomic mass is 10.2. The van der Waals surface area contributed by atoms with Crippen molar-refractivity contribution in [2.24, 2.45) is 5.10 Å². The summed E-state index contributed by atoms with van der Waals surface area (Å²) in [6.07, 6.45) is 1.76. The molecule has 0 aliphatic rings. The Hall–Kier alpha value is -2.68. The molecule has 132 valence electrons. The van der Waals surface area contributed by atoms with Crippen LogP contribution in [0.15, 0.2) is 59.7 Å². The van der Waals surface area contributed by atoms with E-state index >= 15 is 0 Å². The minimum atomic E-state index is -0.424. The van der Waals surface area contributed by atoms with Gasteiger partial charge in [0.15, 0.2) is 0 Å². The summed E-state index contributed by atoms with van der Waals surface area (Å²) in [5.41, 5.74) is 7.99. The van der Waals surface area contributed by atoms with E-state index in [0.717, 1.165) is 22.6 Å². The second-order valence-corrected chi connectivity index (χ2v) is 7.06. The molecule has 0 unspecified atom stereocenters. The van der Waals surface area contributed by atoms with Crippen LogP contribution in [0, 0.1) is 27.5 Å². The van der Waals surface area contributed by atoms with Crippen molar-refractivity contribution < 1.29 is 4.92 Å². The summed E-state index contributed by atoms with van der Waals surface area (Å²) in [6.45, 7) is 4.12. The summed E-state index contributed by atoms with van der Waals surface area (Å²) in [5, 5.41) is 14.9. The van der Waals surface area contributed by atoms with Crippen LogP contribution in [0.4, 0.5) is 11.4 Å². The van der Waals surface area contributed by atoms with Crippen molar-refractivity contribution in [1.29, 1.82) is 0 Å². The third kappa shape index (κ3) is 3.93. The summed E-state index contributed by atoms with van der Waals surface area (Å²) in [7, 11) is 0. The average Bonchev–Trinajstić information content (AvgIpc) is 2.90. The smallest absolute Gasteiger partial charge is 0.269 e. The number of nitro groups is 1. The number of aromatic nitrogens is 1. The van der Waals surface area contributed by atoms with Gasteiger partial charge in [-0.25, -0.2) is 0 Å². The van der Waals surface area contributed by atoms with E-state index in [1.54, 1.807) is 18.3 Å². The lowest BCUT2D eigenvalue weighted by Crippen LogP contribution is -1.99. The molecule has 1 N–H and O–H groups in total. The highest BCUT2D eigenvalue weighted by Gasteiger charge is 2.09. The molecule has 0 spiro atoms. The Morgan fingerprint density at radius 2 is 1.77 bits per heavy atom. The molecule has 0 radical (unpaired) electrons. The fourth-order valence-electron chi connectivity index (χ4n) is 2.74. The van der Waals surface area contributed by atoms with Crippen LogP contribution in [-0.2, 0) is 0 Å². The van der Waals surface area contributed by atoms with Crippen molar-refractivity contribution in [3.05, 3.63) is 85.2 Å². The quantitative estimate of drug-likeness (QED) is 0.251. The van der Waals surface area contributed by atoms with E-state index in [2.05, 4.69) is 81.9 Å². The Labute approximate surface area is 164 Å². The molecular formula is C19H17IN4O2. The summed E-state index contributed by atoms with van der Waals surface area (Å²) in [6, 6.07) is 16.6. The lowest BCUT2D eigenvalue weighted by Gasteiger charge is -2.09. The molecule has 26 heavy (non-hydrogen) atoms. The first-order valence-electron chi connectivity index (χ1n) is 7.94. The molecule has 0 bridgehead atoms. The van der Waals surface area contributed by atoms with E-state index in [1.165, 1.54) is 15.7 Å². The van der Waals surface area contributed by atoms with Crippen molar-refractivity contribution in [1.82, 2.24) is 4.57 Å². The van der Waals surface area contributed by atoms with E-state index in [9.17, 15) is 10.1 Å². The van der Waals surface area contributed by atoms with Crippen molar-refractivity contribution in [2.75, 3.05) is 5.43 Å². The molecule has 3 rings (SSSR count). The molecule has 0 atom stereocenters. The predicted octanol–water partition coefficient (Wildman–Crippen LogP) is 5.05. The number of hydrazone groups is 1. The number of hydrogen-bond donors (Lipinski definition) is 1. The van der Waals surface area contributed by atoms with Gasteiger partial charge in [0.2, 0.25) is 0 Å². The monoisotopic (exact) mass is 460 g/mol. The number of anilines is 1. The van der Waals surface area contributed by atoms with E-state index in [0.29, 0.717) is 5.69 Å². The Morgan fingerprint density at radius 1 is 1.12 bits per heavy atom. The number of nitro benzene ring substituents is 1.